The maximum atomic E-state index is 12.3. The standard InChI is InChI=1S/C22H23N3O3/c26-20(23-16-9-11-17(12-10-16)24-13-3-4-14-24)8-5-15-25-21(27)18-6-1-2-7-19(18)22(25)28/h1-2,6-7,9-12H,3-5,8,13-15H2,(H,23,26). The van der Waals surface area contributed by atoms with Gasteiger partial charge in [-0.25, -0.2) is 0 Å². The summed E-state index contributed by atoms with van der Waals surface area (Å²) in [7, 11) is 0. The lowest BCUT2D eigenvalue weighted by Gasteiger charge is -2.18. The highest BCUT2D eigenvalue weighted by molar-refractivity contribution is 6.21. The van der Waals surface area contributed by atoms with Crippen LogP contribution in [0.4, 0.5) is 11.4 Å². The monoisotopic (exact) mass is 377 g/mol. The Morgan fingerprint density at radius 1 is 0.893 bits per heavy atom. The van der Waals surface area contributed by atoms with Crippen molar-refractivity contribution < 1.29 is 14.4 Å². The van der Waals surface area contributed by atoms with Crippen LogP contribution < -0.4 is 10.2 Å². The molecule has 2 aliphatic rings. The van der Waals surface area contributed by atoms with E-state index >= 15 is 0 Å². The highest BCUT2D eigenvalue weighted by Gasteiger charge is 2.34. The van der Waals surface area contributed by atoms with E-state index in [2.05, 4.69) is 10.2 Å². The zero-order valence-corrected chi connectivity index (χ0v) is 15.7. The number of imide groups is 1. The Bertz CT molecular complexity index is 866. The van der Waals surface area contributed by atoms with Crippen molar-refractivity contribution in [2.75, 3.05) is 29.9 Å². The molecule has 6 nitrogen and oxygen atoms in total. The Hall–Kier alpha value is -3.15. The topological polar surface area (TPSA) is 69.7 Å². The number of carbonyl (C=O) groups is 3. The average molecular weight is 377 g/mol. The van der Waals surface area contributed by atoms with E-state index in [9.17, 15) is 14.4 Å². The Kier molecular flexibility index (Phi) is 5.10. The lowest BCUT2D eigenvalue weighted by Crippen LogP contribution is -2.31. The minimum absolute atomic E-state index is 0.120. The van der Waals surface area contributed by atoms with Gasteiger partial charge in [-0.1, -0.05) is 12.1 Å². The zero-order chi connectivity index (χ0) is 19.5. The molecule has 2 aromatic rings. The van der Waals surface area contributed by atoms with Crippen LogP contribution in [-0.2, 0) is 4.79 Å². The van der Waals surface area contributed by atoms with Crippen LogP contribution in [0.2, 0.25) is 0 Å². The Morgan fingerprint density at radius 3 is 2.11 bits per heavy atom. The molecule has 0 radical (unpaired) electrons. The number of nitrogens with one attached hydrogen (secondary N) is 1. The normalized spacial score (nSPS) is 15.9. The van der Waals surface area contributed by atoms with Gasteiger partial charge in [-0.2, -0.15) is 0 Å². The number of benzene rings is 2. The van der Waals surface area contributed by atoms with Crippen molar-refractivity contribution in [1.82, 2.24) is 4.90 Å². The molecule has 6 heteroatoms. The minimum Gasteiger partial charge on any atom is -0.372 e. The van der Waals surface area contributed by atoms with Gasteiger partial charge in [0.1, 0.15) is 0 Å². The van der Waals surface area contributed by atoms with Crippen LogP contribution in [0.15, 0.2) is 48.5 Å². The van der Waals surface area contributed by atoms with Crippen LogP contribution in [0, 0.1) is 0 Å². The molecule has 1 fully saturated rings. The highest BCUT2D eigenvalue weighted by Crippen LogP contribution is 2.23. The summed E-state index contributed by atoms with van der Waals surface area (Å²) in [6.07, 6.45) is 3.14. The third kappa shape index (κ3) is 3.63. The summed E-state index contributed by atoms with van der Waals surface area (Å²) < 4.78 is 0. The highest BCUT2D eigenvalue weighted by atomic mass is 16.2. The number of amides is 3. The third-order valence-corrected chi connectivity index (χ3v) is 5.29. The van der Waals surface area contributed by atoms with Gasteiger partial charge in [0.05, 0.1) is 11.1 Å². The fourth-order valence-corrected chi connectivity index (χ4v) is 3.79. The molecule has 4 rings (SSSR count). The van der Waals surface area contributed by atoms with E-state index < -0.39 is 0 Å². The fourth-order valence-electron chi connectivity index (χ4n) is 3.79. The van der Waals surface area contributed by atoms with Gasteiger partial charge >= 0.3 is 0 Å². The van der Waals surface area contributed by atoms with Crippen LogP contribution in [0.25, 0.3) is 0 Å². The molecule has 0 atom stereocenters. The molecule has 0 spiro atoms. The smallest absolute Gasteiger partial charge is 0.261 e. The number of rotatable bonds is 6. The first-order valence-corrected chi connectivity index (χ1v) is 9.73. The summed E-state index contributed by atoms with van der Waals surface area (Å²) >= 11 is 0. The summed E-state index contributed by atoms with van der Waals surface area (Å²) in [6, 6.07) is 14.7. The lowest BCUT2D eigenvalue weighted by atomic mass is 10.1. The maximum absolute atomic E-state index is 12.3. The quantitative estimate of drug-likeness (QED) is 0.784. The van der Waals surface area contributed by atoms with Crippen molar-refractivity contribution in [2.45, 2.75) is 25.7 Å². The molecule has 1 N–H and O–H groups in total. The van der Waals surface area contributed by atoms with E-state index in [1.54, 1.807) is 24.3 Å². The largest absolute Gasteiger partial charge is 0.372 e. The summed E-state index contributed by atoms with van der Waals surface area (Å²) in [4.78, 5) is 40.4. The molecule has 0 aromatic heterocycles. The van der Waals surface area contributed by atoms with Crippen LogP contribution in [0.1, 0.15) is 46.4 Å². The molecule has 2 aromatic carbocycles. The second-order valence-corrected chi connectivity index (χ2v) is 7.20. The molecular weight excluding hydrogens is 354 g/mol. The van der Waals surface area contributed by atoms with E-state index in [4.69, 9.17) is 0 Å². The Labute approximate surface area is 164 Å². The molecule has 1 saturated heterocycles. The molecule has 0 unspecified atom stereocenters. The molecule has 2 aliphatic heterocycles. The van der Waals surface area contributed by atoms with Crippen molar-refractivity contribution in [3.63, 3.8) is 0 Å². The molecule has 0 saturated carbocycles. The van der Waals surface area contributed by atoms with E-state index in [1.807, 2.05) is 24.3 Å². The average Bonchev–Trinajstić information content (AvgIpc) is 3.32. The summed E-state index contributed by atoms with van der Waals surface area (Å²) in [5.41, 5.74) is 2.82. The zero-order valence-electron chi connectivity index (χ0n) is 15.7. The first-order chi connectivity index (χ1) is 13.6. The summed E-state index contributed by atoms with van der Waals surface area (Å²) in [5.74, 6) is -0.678. The van der Waals surface area contributed by atoms with E-state index in [-0.39, 0.29) is 30.7 Å². The van der Waals surface area contributed by atoms with Gasteiger partial charge in [0.25, 0.3) is 11.8 Å². The number of hydrogen-bond acceptors (Lipinski definition) is 4. The fraction of sp³-hybridized carbons (Fsp3) is 0.318. The van der Waals surface area contributed by atoms with Crippen LogP contribution in [0.5, 0.6) is 0 Å². The SMILES string of the molecule is O=C(CCCN1C(=O)c2ccccc2C1=O)Nc1ccc(N2CCCC2)cc1. The molecule has 0 aliphatic carbocycles. The van der Waals surface area contributed by atoms with Crippen molar-refractivity contribution >= 4 is 29.1 Å². The van der Waals surface area contributed by atoms with E-state index in [0.717, 1.165) is 18.8 Å². The Balaban J connectivity index is 1.26. The van der Waals surface area contributed by atoms with Crippen molar-refractivity contribution in [3.05, 3.63) is 59.7 Å². The predicted octanol–water partition coefficient (Wildman–Crippen LogP) is 3.30. The molecule has 144 valence electrons. The number of nitrogens with zero attached hydrogens (tertiary/aromatic N) is 2. The van der Waals surface area contributed by atoms with Crippen molar-refractivity contribution in [3.8, 4) is 0 Å². The molecule has 2 heterocycles. The van der Waals surface area contributed by atoms with Crippen LogP contribution >= 0.6 is 0 Å². The van der Waals surface area contributed by atoms with E-state index in [1.165, 1.54) is 23.4 Å². The first-order valence-electron chi connectivity index (χ1n) is 9.73. The number of fused-ring (bicyclic) bond motifs is 1. The van der Waals surface area contributed by atoms with Gasteiger partial charge in [0.15, 0.2) is 0 Å². The molecule has 0 bridgehead atoms. The van der Waals surface area contributed by atoms with E-state index in [0.29, 0.717) is 17.5 Å². The van der Waals surface area contributed by atoms with Gasteiger partial charge in [-0.05, 0) is 55.7 Å². The second-order valence-electron chi connectivity index (χ2n) is 7.20. The minimum atomic E-state index is -0.279. The second kappa shape index (κ2) is 7.84. The van der Waals surface area contributed by atoms with Gasteiger partial charge in [-0.15, -0.1) is 0 Å². The van der Waals surface area contributed by atoms with Crippen molar-refractivity contribution in [1.29, 1.82) is 0 Å². The summed E-state index contributed by atoms with van der Waals surface area (Å²) in [6.45, 7) is 2.42. The maximum Gasteiger partial charge on any atom is 0.261 e. The predicted molar refractivity (Wildman–Crippen MR) is 108 cm³/mol. The Morgan fingerprint density at radius 2 is 1.50 bits per heavy atom. The molecule has 3 amide bonds. The van der Waals surface area contributed by atoms with Crippen LogP contribution in [0.3, 0.4) is 0 Å². The lowest BCUT2D eigenvalue weighted by molar-refractivity contribution is -0.116. The number of anilines is 2. The van der Waals surface area contributed by atoms with Gasteiger partial charge < -0.3 is 10.2 Å². The van der Waals surface area contributed by atoms with Crippen molar-refractivity contribution in [2.24, 2.45) is 0 Å². The molecular formula is C22H23N3O3. The van der Waals surface area contributed by atoms with Gasteiger partial charge in [0, 0.05) is 37.4 Å². The number of hydrogen-bond donors (Lipinski definition) is 1. The molecule has 28 heavy (non-hydrogen) atoms. The van der Waals surface area contributed by atoms with Crippen LogP contribution in [-0.4, -0.2) is 42.3 Å². The first kappa shape index (κ1) is 18.2. The summed E-state index contributed by atoms with van der Waals surface area (Å²) in [5, 5.41) is 2.88. The third-order valence-electron chi connectivity index (χ3n) is 5.29. The number of carbonyl (C=O) groups excluding carboxylic acids is 3. The van der Waals surface area contributed by atoms with Gasteiger partial charge in [-0.3, -0.25) is 19.3 Å². The van der Waals surface area contributed by atoms with Gasteiger partial charge in [0.2, 0.25) is 5.91 Å².